The van der Waals surface area contributed by atoms with E-state index in [-0.39, 0.29) is 5.75 Å². The molecule has 1 saturated carbocycles. The van der Waals surface area contributed by atoms with Gasteiger partial charge in [0.05, 0.1) is 13.2 Å². The maximum atomic E-state index is 13.5. The molecule has 0 bridgehead atoms. The van der Waals surface area contributed by atoms with E-state index in [0.717, 1.165) is 0 Å². The number of ether oxygens (including phenoxy) is 1. The fourth-order valence-corrected chi connectivity index (χ4v) is 3.58. The van der Waals surface area contributed by atoms with Gasteiger partial charge in [-0.05, 0) is 30.5 Å². The van der Waals surface area contributed by atoms with Crippen LogP contribution in [0, 0.1) is 5.82 Å². The summed E-state index contributed by atoms with van der Waals surface area (Å²) in [6.45, 7) is 0. The number of benzene rings is 1. The Hall–Kier alpha value is -0.740. The van der Waals surface area contributed by atoms with Crippen molar-refractivity contribution in [2.75, 3.05) is 12.9 Å². The van der Waals surface area contributed by atoms with E-state index in [1.807, 2.05) is 0 Å². The van der Waals surface area contributed by atoms with Crippen LogP contribution in [0.1, 0.15) is 37.4 Å². The molecule has 18 heavy (non-hydrogen) atoms. The van der Waals surface area contributed by atoms with E-state index in [2.05, 4.69) is 0 Å². The number of rotatable bonds is 5. The van der Waals surface area contributed by atoms with Crippen LogP contribution in [0.15, 0.2) is 18.2 Å². The molecule has 0 amide bonds. The highest BCUT2D eigenvalue weighted by molar-refractivity contribution is 7.99. The standard InChI is InChI=1S/C14H19FO2S/c1-17-14-7-6-10(8-12(14)15)13(16)9-18-11-4-2-3-5-11/h6-8,11,13,16H,2-5,9H2,1H3. The smallest absolute Gasteiger partial charge is 0.165 e. The summed E-state index contributed by atoms with van der Waals surface area (Å²) in [6.07, 6.45) is 4.48. The second kappa shape index (κ2) is 6.43. The van der Waals surface area contributed by atoms with E-state index < -0.39 is 11.9 Å². The van der Waals surface area contributed by atoms with E-state index in [0.29, 0.717) is 16.6 Å². The Bertz CT molecular complexity index is 391. The molecule has 1 aromatic rings. The molecule has 2 rings (SSSR count). The van der Waals surface area contributed by atoms with E-state index in [4.69, 9.17) is 4.74 Å². The largest absolute Gasteiger partial charge is 0.494 e. The van der Waals surface area contributed by atoms with Crippen LogP contribution in [0.4, 0.5) is 4.39 Å². The minimum Gasteiger partial charge on any atom is -0.494 e. The molecule has 4 heteroatoms. The maximum absolute atomic E-state index is 13.5. The van der Waals surface area contributed by atoms with Crippen molar-refractivity contribution >= 4 is 11.8 Å². The summed E-state index contributed by atoms with van der Waals surface area (Å²) in [5.74, 6) is 0.436. The Morgan fingerprint density at radius 3 is 2.78 bits per heavy atom. The first-order valence-corrected chi connectivity index (χ1v) is 7.38. The zero-order chi connectivity index (χ0) is 13.0. The van der Waals surface area contributed by atoms with Crippen molar-refractivity contribution in [2.45, 2.75) is 37.0 Å². The van der Waals surface area contributed by atoms with Crippen LogP contribution in [0.2, 0.25) is 0 Å². The molecule has 1 N–H and O–H groups in total. The first-order chi connectivity index (χ1) is 8.70. The number of methoxy groups -OCH3 is 1. The van der Waals surface area contributed by atoms with Crippen molar-refractivity contribution in [1.82, 2.24) is 0 Å². The number of hydrogen-bond acceptors (Lipinski definition) is 3. The second-order valence-electron chi connectivity index (χ2n) is 4.65. The van der Waals surface area contributed by atoms with Crippen LogP contribution in [-0.4, -0.2) is 23.2 Å². The van der Waals surface area contributed by atoms with Crippen LogP contribution >= 0.6 is 11.8 Å². The van der Waals surface area contributed by atoms with E-state index >= 15 is 0 Å². The summed E-state index contributed by atoms with van der Waals surface area (Å²) in [5, 5.41) is 10.7. The van der Waals surface area contributed by atoms with Gasteiger partial charge >= 0.3 is 0 Å². The number of halogens is 1. The van der Waals surface area contributed by atoms with Crippen LogP contribution in [0.25, 0.3) is 0 Å². The van der Waals surface area contributed by atoms with E-state index in [1.54, 1.807) is 23.9 Å². The van der Waals surface area contributed by atoms with Gasteiger partial charge in [-0.2, -0.15) is 11.8 Å². The van der Waals surface area contributed by atoms with Crippen LogP contribution in [-0.2, 0) is 0 Å². The van der Waals surface area contributed by atoms with Crippen molar-refractivity contribution in [3.63, 3.8) is 0 Å². The molecule has 0 saturated heterocycles. The third-order valence-electron chi connectivity index (χ3n) is 3.35. The van der Waals surface area contributed by atoms with Crippen LogP contribution in [0.3, 0.4) is 0 Å². The molecule has 1 unspecified atom stereocenters. The van der Waals surface area contributed by atoms with Gasteiger partial charge in [-0.15, -0.1) is 0 Å². The SMILES string of the molecule is COc1ccc(C(O)CSC2CCCC2)cc1F. The van der Waals surface area contributed by atoms with Gasteiger partial charge in [0, 0.05) is 11.0 Å². The lowest BCUT2D eigenvalue weighted by atomic mass is 10.1. The average molecular weight is 270 g/mol. The molecule has 100 valence electrons. The highest BCUT2D eigenvalue weighted by Gasteiger charge is 2.18. The highest BCUT2D eigenvalue weighted by Crippen LogP contribution is 2.32. The van der Waals surface area contributed by atoms with Crippen molar-refractivity contribution in [3.05, 3.63) is 29.6 Å². The Balaban J connectivity index is 1.91. The van der Waals surface area contributed by atoms with Gasteiger partial charge in [-0.1, -0.05) is 18.9 Å². The van der Waals surface area contributed by atoms with Crippen molar-refractivity contribution in [1.29, 1.82) is 0 Å². The Morgan fingerprint density at radius 1 is 1.44 bits per heavy atom. The number of aliphatic hydroxyl groups is 1. The summed E-state index contributed by atoms with van der Waals surface area (Å²) < 4.78 is 18.4. The molecule has 0 radical (unpaired) electrons. The number of aliphatic hydroxyl groups excluding tert-OH is 1. The van der Waals surface area contributed by atoms with Crippen molar-refractivity contribution in [3.8, 4) is 5.75 Å². The highest BCUT2D eigenvalue weighted by atomic mass is 32.2. The normalized spacial score (nSPS) is 17.9. The molecule has 1 aromatic carbocycles. The predicted octanol–water partition coefficient (Wildman–Crippen LogP) is 3.54. The summed E-state index contributed by atoms with van der Waals surface area (Å²) in [6, 6.07) is 4.65. The molecular weight excluding hydrogens is 251 g/mol. The molecule has 1 fully saturated rings. The predicted molar refractivity (Wildman–Crippen MR) is 72.6 cm³/mol. The molecule has 0 aliphatic heterocycles. The summed E-state index contributed by atoms with van der Waals surface area (Å²) in [5.41, 5.74) is 0.624. The zero-order valence-corrected chi connectivity index (χ0v) is 11.4. The molecule has 0 aromatic heterocycles. The van der Waals surface area contributed by atoms with Gasteiger partial charge in [-0.3, -0.25) is 0 Å². The van der Waals surface area contributed by atoms with E-state index in [9.17, 15) is 9.50 Å². The summed E-state index contributed by atoms with van der Waals surface area (Å²) in [4.78, 5) is 0. The van der Waals surface area contributed by atoms with Crippen LogP contribution in [0.5, 0.6) is 5.75 Å². The van der Waals surface area contributed by atoms with Crippen molar-refractivity contribution in [2.24, 2.45) is 0 Å². The zero-order valence-electron chi connectivity index (χ0n) is 10.6. The maximum Gasteiger partial charge on any atom is 0.165 e. The third kappa shape index (κ3) is 3.39. The first-order valence-electron chi connectivity index (χ1n) is 6.34. The Labute approximate surface area is 112 Å². The molecule has 1 aliphatic rings. The molecule has 0 heterocycles. The molecule has 1 atom stereocenters. The molecule has 1 aliphatic carbocycles. The Kier molecular flexibility index (Phi) is 4.89. The third-order valence-corrected chi connectivity index (χ3v) is 4.80. The summed E-state index contributed by atoms with van der Waals surface area (Å²) in [7, 11) is 1.43. The fraction of sp³-hybridized carbons (Fsp3) is 0.571. The van der Waals surface area contributed by atoms with Gasteiger partial charge in [-0.25, -0.2) is 4.39 Å². The number of hydrogen-bond donors (Lipinski definition) is 1. The van der Waals surface area contributed by atoms with Gasteiger partial charge in [0.1, 0.15) is 0 Å². The Morgan fingerprint density at radius 2 is 2.17 bits per heavy atom. The monoisotopic (exact) mass is 270 g/mol. The van der Waals surface area contributed by atoms with Gasteiger partial charge in [0.15, 0.2) is 11.6 Å². The lowest BCUT2D eigenvalue weighted by Gasteiger charge is -2.14. The van der Waals surface area contributed by atoms with Gasteiger partial charge in [0.25, 0.3) is 0 Å². The first kappa shape index (κ1) is 13.7. The van der Waals surface area contributed by atoms with Gasteiger partial charge < -0.3 is 9.84 Å². The molecular formula is C14H19FO2S. The topological polar surface area (TPSA) is 29.5 Å². The minimum atomic E-state index is -0.601. The molecule has 2 nitrogen and oxygen atoms in total. The lowest BCUT2D eigenvalue weighted by molar-refractivity contribution is 0.203. The van der Waals surface area contributed by atoms with Gasteiger partial charge in [0.2, 0.25) is 0 Å². The second-order valence-corrected chi connectivity index (χ2v) is 5.98. The average Bonchev–Trinajstić information content (AvgIpc) is 2.89. The fourth-order valence-electron chi connectivity index (χ4n) is 2.27. The number of thioether (sulfide) groups is 1. The molecule has 0 spiro atoms. The lowest BCUT2D eigenvalue weighted by Crippen LogP contribution is -2.05. The minimum absolute atomic E-state index is 0.217. The summed E-state index contributed by atoms with van der Waals surface area (Å²) >= 11 is 1.80. The van der Waals surface area contributed by atoms with E-state index in [1.165, 1.54) is 38.9 Å². The van der Waals surface area contributed by atoms with Crippen molar-refractivity contribution < 1.29 is 14.2 Å². The van der Waals surface area contributed by atoms with Crippen LogP contribution < -0.4 is 4.74 Å². The quantitative estimate of drug-likeness (QED) is 0.887.